The summed E-state index contributed by atoms with van der Waals surface area (Å²) in [5, 5.41) is 3.64. The van der Waals surface area contributed by atoms with Gasteiger partial charge in [0.15, 0.2) is 0 Å². The molecule has 18 heavy (non-hydrogen) atoms. The van der Waals surface area contributed by atoms with E-state index in [1.54, 1.807) is 6.33 Å². The van der Waals surface area contributed by atoms with E-state index in [2.05, 4.69) is 15.3 Å². The number of anilines is 1. The fourth-order valence-electron chi connectivity index (χ4n) is 3.33. The van der Waals surface area contributed by atoms with Gasteiger partial charge < -0.3 is 11.1 Å². The average Bonchev–Trinajstić information content (AvgIpc) is 2.86. The Kier molecular flexibility index (Phi) is 3.46. The molecule has 1 heterocycles. The van der Waals surface area contributed by atoms with E-state index in [9.17, 15) is 0 Å². The molecule has 4 nitrogen and oxygen atoms in total. The van der Waals surface area contributed by atoms with E-state index in [0.717, 1.165) is 25.2 Å². The fraction of sp³-hybridized carbons (Fsp3) is 0.714. The van der Waals surface area contributed by atoms with Crippen LogP contribution in [0.25, 0.3) is 0 Å². The Morgan fingerprint density at radius 3 is 2.94 bits per heavy atom. The number of nitrogens with zero attached hydrogens (tertiary/aromatic N) is 2. The van der Waals surface area contributed by atoms with Gasteiger partial charge in [-0.1, -0.05) is 6.42 Å². The van der Waals surface area contributed by atoms with E-state index in [1.165, 1.54) is 43.4 Å². The van der Waals surface area contributed by atoms with Crippen molar-refractivity contribution in [3.63, 3.8) is 0 Å². The first-order chi connectivity index (χ1) is 8.88. The first-order valence-electron chi connectivity index (χ1n) is 7.18. The number of aromatic nitrogens is 2. The maximum atomic E-state index is 5.84. The van der Waals surface area contributed by atoms with Crippen LogP contribution in [-0.4, -0.2) is 22.6 Å². The first kappa shape index (κ1) is 11.9. The van der Waals surface area contributed by atoms with Gasteiger partial charge >= 0.3 is 0 Å². The van der Waals surface area contributed by atoms with Crippen molar-refractivity contribution in [3.8, 4) is 0 Å². The van der Waals surface area contributed by atoms with Gasteiger partial charge in [0, 0.05) is 17.3 Å². The number of nitrogens with one attached hydrogen (secondary N) is 1. The molecule has 1 aromatic heterocycles. The summed E-state index contributed by atoms with van der Waals surface area (Å²) >= 11 is 0. The Labute approximate surface area is 108 Å². The summed E-state index contributed by atoms with van der Waals surface area (Å²) < 4.78 is 0. The minimum atomic E-state index is 0.510. The minimum absolute atomic E-state index is 0.510. The number of hydrogen-bond donors (Lipinski definition) is 2. The summed E-state index contributed by atoms with van der Waals surface area (Å²) in [7, 11) is 0. The van der Waals surface area contributed by atoms with Crippen molar-refractivity contribution < 1.29 is 0 Å². The van der Waals surface area contributed by atoms with Crippen LogP contribution in [0, 0.1) is 5.92 Å². The van der Waals surface area contributed by atoms with Gasteiger partial charge in [-0.15, -0.1) is 0 Å². The summed E-state index contributed by atoms with van der Waals surface area (Å²) in [4.78, 5) is 8.88. The smallest absolute Gasteiger partial charge is 0.133 e. The van der Waals surface area contributed by atoms with Crippen molar-refractivity contribution in [2.75, 3.05) is 11.9 Å². The van der Waals surface area contributed by atoms with Crippen LogP contribution in [0.2, 0.25) is 0 Å². The second kappa shape index (κ2) is 5.22. The first-order valence-corrected chi connectivity index (χ1v) is 7.18. The number of hydrogen-bond acceptors (Lipinski definition) is 4. The van der Waals surface area contributed by atoms with Gasteiger partial charge in [-0.05, 0) is 51.0 Å². The van der Waals surface area contributed by atoms with Gasteiger partial charge in [0.1, 0.15) is 12.1 Å². The SMILES string of the molecule is NCC1CCCC1Nc1ncnc2c1CCCC2. The van der Waals surface area contributed by atoms with E-state index in [1.807, 2.05) is 0 Å². The summed E-state index contributed by atoms with van der Waals surface area (Å²) in [5.74, 6) is 1.68. The standard InChI is InChI=1S/C14H22N4/c15-8-10-4-3-7-12(10)18-14-11-5-1-2-6-13(11)16-9-17-14/h9-10,12H,1-8,15H2,(H,16,17,18). The van der Waals surface area contributed by atoms with Crippen molar-refractivity contribution in [2.24, 2.45) is 11.7 Å². The van der Waals surface area contributed by atoms with Crippen molar-refractivity contribution in [1.29, 1.82) is 0 Å². The van der Waals surface area contributed by atoms with Crippen molar-refractivity contribution in [2.45, 2.75) is 51.0 Å². The fourth-order valence-corrected chi connectivity index (χ4v) is 3.33. The maximum Gasteiger partial charge on any atom is 0.133 e. The molecule has 3 N–H and O–H groups in total. The van der Waals surface area contributed by atoms with Crippen LogP contribution in [0.15, 0.2) is 6.33 Å². The maximum absolute atomic E-state index is 5.84. The Hall–Kier alpha value is -1.16. The zero-order chi connectivity index (χ0) is 12.4. The Balaban J connectivity index is 1.80. The molecule has 2 unspecified atom stereocenters. The molecule has 0 aliphatic heterocycles. The van der Waals surface area contributed by atoms with Gasteiger partial charge in [0.2, 0.25) is 0 Å². The monoisotopic (exact) mass is 246 g/mol. The summed E-state index contributed by atoms with van der Waals surface area (Å²) in [6.45, 7) is 0.783. The number of rotatable bonds is 3. The highest BCUT2D eigenvalue weighted by Crippen LogP contribution is 2.30. The highest BCUT2D eigenvalue weighted by Gasteiger charge is 2.27. The van der Waals surface area contributed by atoms with Gasteiger partial charge in [-0.3, -0.25) is 0 Å². The zero-order valence-electron chi connectivity index (χ0n) is 10.9. The van der Waals surface area contributed by atoms with Crippen LogP contribution in [0.1, 0.15) is 43.4 Å². The van der Waals surface area contributed by atoms with Crippen molar-refractivity contribution in [3.05, 3.63) is 17.6 Å². The largest absolute Gasteiger partial charge is 0.367 e. The molecule has 4 heteroatoms. The molecule has 0 bridgehead atoms. The van der Waals surface area contributed by atoms with Gasteiger partial charge in [-0.25, -0.2) is 9.97 Å². The molecule has 2 aliphatic carbocycles. The average molecular weight is 246 g/mol. The normalized spacial score (nSPS) is 26.9. The molecule has 0 spiro atoms. The lowest BCUT2D eigenvalue weighted by Gasteiger charge is -2.24. The highest BCUT2D eigenvalue weighted by atomic mass is 15.1. The molecule has 0 radical (unpaired) electrons. The zero-order valence-corrected chi connectivity index (χ0v) is 10.9. The molecule has 2 aliphatic rings. The van der Waals surface area contributed by atoms with Gasteiger partial charge in [-0.2, -0.15) is 0 Å². The quantitative estimate of drug-likeness (QED) is 0.855. The van der Waals surface area contributed by atoms with Crippen LogP contribution >= 0.6 is 0 Å². The molecule has 1 aromatic rings. The Morgan fingerprint density at radius 2 is 2.06 bits per heavy atom. The highest BCUT2D eigenvalue weighted by molar-refractivity contribution is 5.48. The van der Waals surface area contributed by atoms with E-state index in [0.29, 0.717) is 12.0 Å². The molecular weight excluding hydrogens is 224 g/mol. The molecule has 0 saturated heterocycles. The molecule has 1 fully saturated rings. The molecule has 1 saturated carbocycles. The van der Waals surface area contributed by atoms with Crippen LogP contribution in [-0.2, 0) is 12.8 Å². The predicted octanol–water partition coefficient (Wildman–Crippen LogP) is 1.89. The summed E-state index contributed by atoms with van der Waals surface area (Å²) in [5.41, 5.74) is 8.45. The third-order valence-corrected chi connectivity index (χ3v) is 4.41. The van der Waals surface area contributed by atoms with E-state index in [-0.39, 0.29) is 0 Å². The number of aryl methyl sites for hydroxylation is 1. The third kappa shape index (κ3) is 2.21. The number of fused-ring (bicyclic) bond motifs is 1. The second-order valence-corrected chi connectivity index (χ2v) is 5.53. The minimum Gasteiger partial charge on any atom is -0.367 e. The molecule has 98 valence electrons. The molecule has 3 rings (SSSR count). The Bertz CT molecular complexity index is 418. The van der Waals surface area contributed by atoms with Gasteiger partial charge in [0.05, 0.1) is 0 Å². The van der Waals surface area contributed by atoms with Gasteiger partial charge in [0.25, 0.3) is 0 Å². The molecule has 0 amide bonds. The predicted molar refractivity (Wildman–Crippen MR) is 72.5 cm³/mol. The molecular formula is C14H22N4. The van der Waals surface area contributed by atoms with Crippen LogP contribution < -0.4 is 11.1 Å². The summed E-state index contributed by atoms with van der Waals surface area (Å²) in [6, 6.07) is 0.510. The lowest BCUT2D eigenvalue weighted by atomic mass is 9.96. The van der Waals surface area contributed by atoms with Crippen LogP contribution in [0.5, 0.6) is 0 Å². The van der Waals surface area contributed by atoms with Crippen molar-refractivity contribution >= 4 is 5.82 Å². The van der Waals surface area contributed by atoms with Crippen LogP contribution in [0.3, 0.4) is 0 Å². The van der Waals surface area contributed by atoms with Crippen molar-refractivity contribution in [1.82, 2.24) is 9.97 Å². The van der Waals surface area contributed by atoms with E-state index < -0.39 is 0 Å². The third-order valence-electron chi connectivity index (χ3n) is 4.41. The molecule has 0 aromatic carbocycles. The Morgan fingerprint density at radius 1 is 1.17 bits per heavy atom. The number of nitrogens with two attached hydrogens (primary N) is 1. The second-order valence-electron chi connectivity index (χ2n) is 5.53. The van der Waals surface area contributed by atoms with E-state index in [4.69, 9.17) is 5.73 Å². The summed E-state index contributed by atoms with van der Waals surface area (Å²) in [6.07, 6.45) is 10.2. The topological polar surface area (TPSA) is 63.8 Å². The van der Waals surface area contributed by atoms with E-state index >= 15 is 0 Å². The lowest BCUT2D eigenvalue weighted by molar-refractivity contribution is 0.514. The molecule has 2 atom stereocenters. The lowest BCUT2D eigenvalue weighted by Crippen LogP contribution is -2.30. The van der Waals surface area contributed by atoms with Crippen LogP contribution in [0.4, 0.5) is 5.82 Å².